The van der Waals surface area contributed by atoms with Crippen LogP contribution in [-0.2, 0) is 17.1 Å². The van der Waals surface area contributed by atoms with Gasteiger partial charge in [0.05, 0.1) is 16.2 Å². The monoisotopic (exact) mass is 467 g/mol. The molecule has 4 aromatic rings. The number of aryl methyl sites for hydroxylation is 1. The summed E-state index contributed by atoms with van der Waals surface area (Å²) in [6.07, 6.45) is 0. The van der Waals surface area contributed by atoms with Crippen molar-refractivity contribution in [2.75, 3.05) is 11.3 Å². The average molecular weight is 468 g/mol. The molecule has 164 valence electrons. The SMILES string of the molecule is CCOc1cccc2sc(=NC(=O)c3cccc(NS(=O)(=O)c4ccccc4)c3)n(C)c12. The lowest BCUT2D eigenvalue weighted by Crippen LogP contribution is -2.15. The van der Waals surface area contributed by atoms with Crippen molar-refractivity contribution in [2.24, 2.45) is 12.0 Å². The number of thiazole rings is 1. The minimum atomic E-state index is -3.76. The first-order valence-corrected chi connectivity index (χ1v) is 12.2. The number of nitrogens with zero attached hydrogens (tertiary/aromatic N) is 2. The lowest BCUT2D eigenvalue weighted by molar-refractivity contribution is 0.0998. The number of hydrogen-bond donors (Lipinski definition) is 1. The summed E-state index contributed by atoms with van der Waals surface area (Å²) in [5.41, 5.74) is 1.44. The molecule has 0 atom stereocenters. The molecule has 0 radical (unpaired) electrons. The Morgan fingerprint density at radius 1 is 1.06 bits per heavy atom. The van der Waals surface area contributed by atoms with Gasteiger partial charge in [-0.3, -0.25) is 9.52 Å². The molecule has 0 unspecified atom stereocenters. The highest BCUT2D eigenvalue weighted by molar-refractivity contribution is 7.92. The predicted octanol–water partition coefficient (Wildman–Crippen LogP) is 4.18. The highest BCUT2D eigenvalue weighted by Gasteiger charge is 2.15. The molecule has 1 amide bonds. The van der Waals surface area contributed by atoms with E-state index in [0.717, 1.165) is 16.0 Å². The van der Waals surface area contributed by atoms with E-state index in [9.17, 15) is 13.2 Å². The standard InChI is InChI=1S/C23H21N3O4S2/c1-3-30-19-13-8-14-20-21(19)26(2)23(31-20)24-22(27)16-9-7-10-17(15-16)25-32(28,29)18-11-5-4-6-12-18/h4-15,25H,3H2,1-2H3. The Bertz CT molecular complexity index is 1460. The zero-order valence-electron chi connectivity index (χ0n) is 17.5. The smallest absolute Gasteiger partial charge is 0.279 e. The molecule has 1 heterocycles. The van der Waals surface area contributed by atoms with Crippen molar-refractivity contribution in [2.45, 2.75) is 11.8 Å². The van der Waals surface area contributed by atoms with Crippen LogP contribution in [0.25, 0.3) is 10.2 Å². The summed E-state index contributed by atoms with van der Waals surface area (Å²) in [5.74, 6) is 0.265. The van der Waals surface area contributed by atoms with E-state index in [-0.39, 0.29) is 16.1 Å². The fraction of sp³-hybridized carbons (Fsp3) is 0.130. The number of benzene rings is 3. The summed E-state index contributed by atoms with van der Waals surface area (Å²) in [7, 11) is -1.93. The third-order valence-electron chi connectivity index (χ3n) is 4.70. The number of aromatic nitrogens is 1. The molecule has 0 aliphatic rings. The number of rotatable bonds is 6. The van der Waals surface area contributed by atoms with Gasteiger partial charge >= 0.3 is 0 Å². The van der Waals surface area contributed by atoms with Crippen LogP contribution in [0.1, 0.15) is 17.3 Å². The van der Waals surface area contributed by atoms with Crippen molar-refractivity contribution in [3.63, 3.8) is 0 Å². The van der Waals surface area contributed by atoms with Gasteiger partial charge in [-0.15, -0.1) is 0 Å². The number of sulfonamides is 1. The molecular formula is C23H21N3O4S2. The van der Waals surface area contributed by atoms with Gasteiger partial charge in [-0.05, 0) is 49.4 Å². The lowest BCUT2D eigenvalue weighted by Gasteiger charge is -2.08. The summed E-state index contributed by atoms with van der Waals surface area (Å²) in [4.78, 5) is 17.8. The van der Waals surface area contributed by atoms with Crippen LogP contribution in [0.3, 0.4) is 0 Å². The number of nitrogens with one attached hydrogen (secondary N) is 1. The molecule has 0 aliphatic carbocycles. The van der Waals surface area contributed by atoms with Crippen molar-refractivity contribution < 1.29 is 17.9 Å². The molecule has 32 heavy (non-hydrogen) atoms. The van der Waals surface area contributed by atoms with Crippen LogP contribution in [0.2, 0.25) is 0 Å². The minimum absolute atomic E-state index is 0.142. The number of hydrogen-bond acceptors (Lipinski definition) is 5. The Morgan fingerprint density at radius 3 is 2.56 bits per heavy atom. The Balaban J connectivity index is 1.66. The van der Waals surface area contributed by atoms with Gasteiger partial charge in [-0.25, -0.2) is 8.42 Å². The second-order valence-electron chi connectivity index (χ2n) is 6.90. The second-order valence-corrected chi connectivity index (χ2v) is 9.59. The molecule has 9 heteroatoms. The van der Waals surface area contributed by atoms with Gasteiger partial charge in [0, 0.05) is 18.3 Å². The first-order chi connectivity index (χ1) is 15.4. The molecule has 4 rings (SSSR count). The van der Waals surface area contributed by atoms with Gasteiger partial charge in [0.15, 0.2) is 4.80 Å². The normalized spacial score (nSPS) is 12.1. The predicted molar refractivity (Wildman–Crippen MR) is 126 cm³/mol. The quantitative estimate of drug-likeness (QED) is 0.461. The van der Waals surface area contributed by atoms with Crippen LogP contribution in [0.5, 0.6) is 5.75 Å². The first-order valence-electron chi connectivity index (χ1n) is 9.87. The van der Waals surface area contributed by atoms with E-state index >= 15 is 0 Å². The van der Waals surface area contributed by atoms with Crippen LogP contribution in [0, 0.1) is 0 Å². The van der Waals surface area contributed by atoms with Crippen molar-refractivity contribution in [1.29, 1.82) is 0 Å². The topological polar surface area (TPSA) is 89.8 Å². The molecule has 0 bridgehead atoms. The largest absolute Gasteiger partial charge is 0.492 e. The number of amides is 1. The maximum Gasteiger partial charge on any atom is 0.279 e. The van der Waals surface area contributed by atoms with Gasteiger partial charge in [-0.2, -0.15) is 4.99 Å². The third-order valence-corrected chi connectivity index (χ3v) is 7.19. The molecule has 0 saturated heterocycles. The summed E-state index contributed by atoms with van der Waals surface area (Å²) >= 11 is 1.38. The molecule has 0 saturated carbocycles. The Kier molecular flexibility index (Phi) is 6.11. The molecule has 7 nitrogen and oxygen atoms in total. The number of fused-ring (bicyclic) bond motifs is 1. The molecule has 0 fully saturated rings. The highest BCUT2D eigenvalue weighted by Crippen LogP contribution is 2.27. The van der Waals surface area contributed by atoms with Crippen LogP contribution in [0.4, 0.5) is 5.69 Å². The number of ether oxygens (including phenoxy) is 1. The fourth-order valence-electron chi connectivity index (χ4n) is 3.23. The molecule has 3 aromatic carbocycles. The summed E-state index contributed by atoms with van der Waals surface area (Å²) in [6.45, 7) is 2.45. The third kappa shape index (κ3) is 4.44. The molecule has 1 N–H and O–H groups in total. The maximum atomic E-state index is 12.9. The lowest BCUT2D eigenvalue weighted by atomic mass is 10.2. The number of carbonyl (C=O) groups excluding carboxylic acids is 1. The summed E-state index contributed by atoms with van der Waals surface area (Å²) in [6, 6.07) is 20.1. The minimum Gasteiger partial charge on any atom is -0.492 e. The van der Waals surface area contributed by atoms with Gasteiger partial charge in [0.2, 0.25) is 0 Å². The van der Waals surface area contributed by atoms with Gasteiger partial charge < -0.3 is 9.30 Å². The second kappa shape index (κ2) is 8.97. The van der Waals surface area contributed by atoms with Crippen LogP contribution in [0.15, 0.2) is 82.7 Å². The van der Waals surface area contributed by atoms with Gasteiger partial charge in [0.1, 0.15) is 11.3 Å². The van der Waals surface area contributed by atoms with Crippen molar-refractivity contribution in [1.82, 2.24) is 4.57 Å². The Hall–Kier alpha value is -3.43. The van der Waals surface area contributed by atoms with Crippen molar-refractivity contribution in [3.05, 3.63) is 83.2 Å². The van der Waals surface area contributed by atoms with E-state index in [1.165, 1.54) is 29.5 Å². The molecular weight excluding hydrogens is 446 g/mol. The first kappa shape index (κ1) is 21.8. The zero-order chi connectivity index (χ0) is 22.7. The van der Waals surface area contributed by atoms with Crippen LogP contribution < -0.4 is 14.3 Å². The van der Waals surface area contributed by atoms with Crippen molar-refractivity contribution in [3.8, 4) is 5.75 Å². The van der Waals surface area contributed by atoms with Crippen molar-refractivity contribution >= 4 is 43.2 Å². The van der Waals surface area contributed by atoms with E-state index in [1.807, 2.05) is 36.7 Å². The van der Waals surface area contributed by atoms with E-state index in [1.54, 1.807) is 36.4 Å². The summed E-state index contributed by atoms with van der Waals surface area (Å²) < 4.78 is 36.1. The van der Waals surface area contributed by atoms with Crippen LogP contribution in [-0.4, -0.2) is 25.5 Å². The van der Waals surface area contributed by atoms with Gasteiger partial charge in [-0.1, -0.05) is 41.7 Å². The van der Waals surface area contributed by atoms with Gasteiger partial charge in [0.25, 0.3) is 15.9 Å². The number of anilines is 1. The van der Waals surface area contributed by atoms with E-state index in [4.69, 9.17) is 4.74 Å². The fourth-order valence-corrected chi connectivity index (χ4v) is 5.33. The van der Waals surface area contributed by atoms with E-state index in [0.29, 0.717) is 11.4 Å². The van der Waals surface area contributed by atoms with E-state index in [2.05, 4.69) is 9.71 Å². The zero-order valence-corrected chi connectivity index (χ0v) is 19.1. The molecule has 0 spiro atoms. The maximum absolute atomic E-state index is 12.9. The molecule has 1 aromatic heterocycles. The Labute approximate surface area is 189 Å². The molecule has 0 aliphatic heterocycles. The van der Waals surface area contributed by atoms with Crippen LogP contribution >= 0.6 is 11.3 Å². The Morgan fingerprint density at radius 2 is 1.81 bits per heavy atom. The number of carbonyl (C=O) groups is 1. The number of para-hydroxylation sites is 1. The highest BCUT2D eigenvalue weighted by atomic mass is 32.2. The van der Waals surface area contributed by atoms with E-state index < -0.39 is 15.9 Å². The average Bonchev–Trinajstić information content (AvgIpc) is 3.10. The summed E-state index contributed by atoms with van der Waals surface area (Å²) in [5, 5.41) is 0.